The normalized spacial score (nSPS) is 25.6. The van der Waals surface area contributed by atoms with Gasteiger partial charge < -0.3 is 9.80 Å². The summed E-state index contributed by atoms with van der Waals surface area (Å²) in [6.07, 6.45) is 4.76. The molecule has 1 spiro atoms. The second-order valence-corrected chi connectivity index (χ2v) is 8.84. The van der Waals surface area contributed by atoms with Gasteiger partial charge in [0.05, 0.1) is 17.2 Å². The predicted molar refractivity (Wildman–Crippen MR) is 96.0 cm³/mol. The SMILES string of the molecule is Cc1nc(CN2CCN(C)C3(CCN(CC4CC4)CC3)C2=O)cs1. The second-order valence-electron chi connectivity index (χ2n) is 7.78. The molecule has 0 bridgehead atoms. The summed E-state index contributed by atoms with van der Waals surface area (Å²) in [5.74, 6) is 1.26. The van der Waals surface area contributed by atoms with Crippen LogP contribution in [0.25, 0.3) is 0 Å². The Balaban J connectivity index is 1.44. The number of piperazine rings is 1. The van der Waals surface area contributed by atoms with Crippen LogP contribution in [0.4, 0.5) is 0 Å². The molecule has 0 unspecified atom stereocenters. The predicted octanol–water partition coefficient (Wildman–Crippen LogP) is 1.97. The molecule has 0 N–H and O–H groups in total. The van der Waals surface area contributed by atoms with Crippen molar-refractivity contribution in [2.75, 3.05) is 39.8 Å². The number of carbonyl (C=O) groups is 1. The summed E-state index contributed by atoms with van der Waals surface area (Å²) >= 11 is 1.67. The third kappa shape index (κ3) is 3.11. The van der Waals surface area contributed by atoms with Gasteiger partial charge in [-0.1, -0.05) is 0 Å². The number of hydrogen-bond acceptors (Lipinski definition) is 5. The lowest BCUT2D eigenvalue weighted by molar-refractivity contribution is -0.155. The number of hydrogen-bond donors (Lipinski definition) is 0. The van der Waals surface area contributed by atoms with Crippen LogP contribution >= 0.6 is 11.3 Å². The molecule has 3 heterocycles. The minimum Gasteiger partial charge on any atom is -0.334 e. The minimum absolute atomic E-state index is 0.274. The summed E-state index contributed by atoms with van der Waals surface area (Å²) in [7, 11) is 2.14. The van der Waals surface area contributed by atoms with Crippen LogP contribution in [0.2, 0.25) is 0 Å². The summed E-state index contributed by atoms with van der Waals surface area (Å²) in [6.45, 7) is 7.86. The number of aryl methyl sites for hydroxylation is 1. The van der Waals surface area contributed by atoms with E-state index in [0.29, 0.717) is 12.5 Å². The van der Waals surface area contributed by atoms with E-state index in [2.05, 4.69) is 27.2 Å². The maximum absolute atomic E-state index is 13.3. The van der Waals surface area contributed by atoms with Crippen molar-refractivity contribution >= 4 is 17.2 Å². The largest absolute Gasteiger partial charge is 0.334 e. The van der Waals surface area contributed by atoms with Gasteiger partial charge in [0.15, 0.2) is 0 Å². The number of nitrogens with zero attached hydrogens (tertiary/aromatic N) is 4. The molecular weight excluding hydrogens is 320 g/mol. The third-order valence-corrected chi connectivity index (χ3v) is 6.86. The zero-order valence-electron chi connectivity index (χ0n) is 14.8. The zero-order valence-corrected chi connectivity index (χ0v) is 15.6. The molecule has 5 nitrogen and oxygen atoms in total. The lowest BCUT2D eigenvalue weighted by Gasteiger charge is -2.51. The summed E-state index contributed by atoms with van der Waals surface area (Å²) in [5, 5.41) is 3.17. The van der Waals surface area contributed by atoms with Gasteiger partial charge in [0, 0.05) is 38.1 Å². The van der Waals surface area contributed by atoms with Crippen molar-refractivity contribution in [2.24, 2.45) is 5.92 Å². The molecule has 1 aromatic rings. The molecule has 132 valence electrons. The van der Waals surface area contributed by atoms with Gasteiger partial charge in [0.25, 0.3) is 0 Å². The maximum atomic E-state index is 13.3. The molecule has 1 amide bonds. The molecule has 4 rings (SSSR count). The number of rotatable bonds is 4. The van der Waals surface area contributed by atoms with Crippen LogP contribution in [0.3, 0.4) is 0 Å². The van der Waals surface area contributed by atoms with Crippen LogP contribution in [0.15, 0.2) is 5.38 Å². The van der Waals surface area contributed by atoms with Crippen molar-refractivity contribution in [2.45, 2.75) is 44.7 Å². The average molecular weight is 349 g/mol. The third-order valence-electron chi connectivity index (χ3n) is 6.04. The van der Waals surface area contributed by atoms with Gasteiger partial charge in [-0.25, -0.2) is 4.98 Å². The Bertz CT molecular complexity index is 604. The summed E-state index contributed by atoms with van der Waals surface area (Å²) in [6, 6.07) is 0. The molecule has 24 heavy (non-hydrogen) atoms. The Morgan fingerprint density at radius 1 is 1.25 bits per heavy atom. The zero-order chi connectivity index (χ0) is 16.7. The highest BCUT2D eigenvalue weighted by molar-refractivity contribution is 7.09. The first-order valence-corrected chi connectivity index (χ1v) is 10.1. The van der Waals surface area contributed by atoms with E-state index < -0.39 is 0 Å². The summed E-state index contributed by atoms with van der Waals surface area (Å²) < 4.78 is 0. The Hall–Kier alpha value is -0.980. The Morgan fingerprint density at radius 2 is 2.00 bits per heavy atom. The van der Waals surface area contributed by atoms with E-state index in [1.54, 1.807) is 11.3 Å². The molecule has 0 radical (unpaired) electrons. The van der Waals surface area contributed by atoms with E-state index in [4.69, 9.17) is 0 Å². The Labute approximate surface area is 148 Å². The van der Waals surface area contributed by atoms with Gasteiger partial charge >= 0.3 is 0 Å². The molecule has 2 aliphatic heterocycles. The molecule has 2 saturated heterocycles. The smallest absolute Gasteiger partial charge is 0.243 e. The van der Waals surface area contributed by atoms with E-state index in [-0.39, 0.29) is 5.54 Å². The van der Waals surface area contributed by atoms with Crippen molar-refractivity contribution in [3.63, 3.8) is 0 Å². The number of likely N-dealkylation sites (N-methyl/N-ethyl adjacent to an activating group) is 1. The fraction of sp³-hybridized carbons (Fsp3) is 0.778. The molecule has 1 aliphatic carbocycles. The van der Waals surface area contributed by atoms with Crippen LogP contribution < -0.4 is 0 Å². The number of amides is 1. The second kappa shape index (κ2) is 6.39. The molecule has 0 atom stereocenters. The van der Waals surface area contributed by atoms with Gasteiger partial charge in [-0.3, -0.25) is 9.69 Å². The van der Waals surface area contributed by atoms with Crippen LogP contribution in [-0.2, 0) is 11.3 Å². The topological polar surface area (TPSA) is 39.7 Å². The quantitative estimate of drug-likeness (QED) is 0.834. The lowest BCUT2D eigenvalue weighted by atomic mass is 9.82. The monoisotopic (exact) mass is 348 g/mol. The van der Waals surface area contributed by atoms with Crippen molar-refractivity contribution in [3.8, 4) is 0 Å². The van der Waals surface area contributed by atoms with Crippen molar-refractivity contribution in [3.05, 3.63) is 16.1 Å². The van der Waals surface area contributed by atoms with Gasteiger partial charge in [0.2, 0.25) is 5.91 Å². The Kier molecular flexibility index (Phi) is 4.39. The highest BCUT2D eigenvalue weighted by Crippen LogP contribution is 2.36. The van der Waals surface area contributed by atoms with Crippen LogP contribution in [0.1, 0.15) is 36.4 Å². The minimum atomic E-state index is -0.274. The molecule has 1 aromatic heterocycles. The lowest BCUT2D eigenvalue weighted by Crippen LogP contribution is -2.67. The number of thiazole rings is 1. The van der Waals surface area contributed by atoms with E-state index in [0.717, 1.165) is 55.6 Å². The van der Waals surface area contributed by atoms with Crippen molar-refractivity contribution < 1.29 is 4.79 Å². The number of piperidine rings is 1. The molecular formula is C18H28N4OS. The molecule has 0 aromatic carbocycles. The number of likely N-dealkylation sites (tertiary alicyclic amines) is 1. The van der Waals surface area contributed by atoms with Gasteiger partial charge in [-0.15, -0.1) is 11.3 Å². The first-order valence-electron chi connectivity index (χ1n) is 9.21. The number of carbonyl (C=O) groups excluding carboxylic acids is 1. The highest BCUT2D eigenvalue weighted by Gasteiger charge is 2.49. The van der Waals surface area contributed by atoms with Gasteiger partial charge in [0.1, 0.15) is 5.54 Å². The molecule has 1 saturated carbocycles. The standard InChI is InChI=1S/C18H28N4OS/c1-14-19-16(13-24-14)12-22-10-9-20(2)18(17(22)23)5-7-21(8-6-18)11-15-3-4-15/h13,15H,3-12H2,1-2H3. The summed E-state index contributed by atoms with van der Waals surface area (Å²) in [4.78, 5) is 24.8. The van der Waals surface area contributed by atoms with Crippen LogP contribution in [-0.4, -0.2) is 70.9 Å². The van der Waals surface area contributed by atoms with E-state index >= 15 is 0 Å². The maximum Gasteiger partial charge on any atom is 0.243 e. The van der Waals surface area contributed by atoms with E-state index in [9.17, 15) is 4.79 Å². The summed E-state index contributed by atoms with van der Waals surface area (Å²) in [5.41, 5.74) is 0.764. The highest BCUT2D eigenvalue weighted by atomic mass is 32.1. The molecule has 3 aliphatic rings. The average Bonchev–Trinajstić information content (AvgIpc) is 3.30. The van der Waals surface area contributed by atoms with Crippen LogP contribution in [0, 0.1) is 12.8 Å². The fourth-order valence-corrected chi connectivity index (χ4v) is 4.84. The fourth-order valence-electron chi connectivity index (χ4n) is 4.24. The molecule has 3 fully saturated rings. The Morgan fingerprint density at radius 3 is 2.62 bits per heavy atom. The van der Waals surface area contributed by atoms with Crippen LogP contribution in [0.5, 0.6) is 0 Å². The van der Waals surface area contributed by atoms with Crippen molar-refractivity contribution in [1.29, 1.82) is 0 Å². The van der Waals surface area contributed by atoms with Gasteiger partial charge in [-0.2, -0.15) is 0 Å². The molecule has 6 heteroatoms. The number of aromatic nitrogens is 1. The van der Waals surface area contributed by atoms with Gasteiger partial charge in [-0.05, 0) is 45.6 Å². The van der Waals surface area contributed by atoms with E-state index in [1.165, 1.54) is 19.4 Å². The van der Waals surface area contributed by atoms with E-state index in [1.807, 2.05) is 11.8 Å². The van der Waals surface area contributed by atoms with Crippen molar-refractivity contribution in [1.82, 2.24) is 19.7 Å². The first kappa shape index (κ1) is 16.5. The first-order chi connectivity index (χ1) is 11.6.